The maximum atomic E-state index is 12.0. The van der Waals surface area contributed by atoms with Crippen LogP contribution >= 0.6 is 24.0 Å². The molecule has 3 aromatic carbocycles. The highest BCUT2D eigenvalue weighted by atomic mass is 32.2. The molecule has 5 nitrogen and oxygen atoms in total. The molecule has 1 aliphatic heterocycles. The summed E-state index contributed by atoms with van der Waals surface area (Å²) in [6, 6.07) is 23.4. The molecule has 0 aromatic heterocycles. The van der Waals surface area contributed by atoms with Crippen molar-refractivity contribution in [2.24, 2.45) is 0 Å². The van der Waals surface area contributed by atoms with E-state index >= 15 is 0 Å². The standard InChI is InChI=1S/C26H23NO4S2/c1-2-29-23-14-19(12-13-22(23)31-16-18-8-4-3-5-9-18)17-30-21-11-7-6-10-20(21)15-24-25(28)27-26(32)33-24/h3-15H,2,16-17H2,1H3,(H,27,28,32). The van der Waals surface area contributed by atoms with Crippen LogP contribution in [0.2, 0.25) is 0 Å². The second kappa shape index (κ2) is 11.0. The van der Waals surface area contributed by atoms with Crippen molar-refractivity contribution in [2.45, 2.75) is 20.1 Å². The molecule has 1 fully saturated rings. The minimum absolute atomic E-state index is 0.188. The van der Waals surface area contributed by atoms with Crippen molar-refractivity contribution in [3.05, 3.63) is 94.4 Å². The summed E-state index contributed by atoms with van der Waals surface area (Å²) in [6.07, 6.45) is 1.79. The van der Waals surface area contributed by atoms with Crippen molar-refractivity contribution < 1.29 is 19.0 Å². The molecule has 0 radical (unpaired) electrons. The zero-order valence-corrected chi connectivity index (χ0v) is 19.7. The number of hydrogen-bond acceptors (Lipinski definition) is 6. The lowest BCUT2D eigenvalue weighted by Gasteiger charge is -2.14. The predicted octanol–water partition coefficient (Wildman–Crippen LogP) is 5.73. The van der Waals surface area contributed by atoms with E-state index in [1.165, 1.54) is 11.8 Å². The quantitative estimate of drug-likeness (QED) is 0.314. The number of thioether (sulfide) groups is 1. The monoisotopic (exact) mass is 477 g/mol. The number of hydrogen-bond donors (Lipinski definition) is 1. The van der Waals surface area contributed by atoms with Gasteiger partial charge in [-0.05, 0) is 42.3 Å². The Balaban J connectivity index is 1.46. The molecule has 7 heteroatoms. The Morgan fingerprint density at radius 3 is 2.33 bits per heavy atom. The molecule has 0 atom stereocenters. The molecule has 1 saturated heterocycles. The highest BCUT2D eigenvalue weighted by Gasteiger charge is 2.22. The highest BCUT2D eigenvalue weighted by molar-refractivity contribution is 8.26. The van der Waals surface area contributed by atoms with E-state index in [0.29, 0.717) is 46.3 Å². The number of benzene rings is 3. The van der Waals surface area contributed by atoms with Gasteiger partial charge in [0.25, 0.3) is 5.91 Å². The van der Waals surface area contributed by atoms with Gasteiger partial charge in [0, 0.05) is 5.56 Å². The Kier molecular flexibility index (Phi) is 7.65. The minimum Gasteiger partial charge on any atom is -0.490 e. The molecular weight excluding hydrogens is 454 g/mol. The molecule has 1 heterocycles. The molecule has 0 spiro atoms. The zero-order chi connectivity index (χ0) is 23.0. The predicted molar refractivity (Wildman–Crippen MR) is 135 cm³/mol. The van der Waals surface area contributed by atoms with Crippen LogP contribution < -0.4 is 19.5 Å². The number of carbonyl (C=O) groups is 1. The summed E-state index contributed by atoms with van der Waals surface area (Å²) in [6.45, 7) is 3.28. The fourth-order valence-electron chi connectivity index (χ4n) is 3.22. The fourth-order valence-corrected chi connectivity index (χ4v) is 4.25. The van der Waals surface area contributed by atoms with Crippen molar-refractivity contribution >= 4 is 40.3 Å². The second-order valence-electron chi connectivity index (χ2n) is 7.17. The molecule has 168 valence electrons. The average molecular weight is 478 g/mol. The Morgan fingerprint density at radius 1 is 0.848 bits per heavy atom. The molecule has 0 saturated carbocycles. The van der Waals surface area contributed by atoms with Gasteiger partial charge in [0.05, 0.1) is 11.5 Å². The number of carbonyl (C=O) groups excluding carboxylic acids is 1. The molecular formula is C26H23NO4S2. The maximum absolute atomic E-state index is 12.0. The van der Waals surface area contributed by atoms with Gasteiger partial charge in [-0.1, -0.05) is 78.6 Å². The van der Waals surface area contributed by atoms with Gasteiger partial charge in [0.1, 0.15) is 23.3 Å². The lowest BCUT2D eigenvalue weighted by atomic mass is 10.1. The molecule has 0 aliphatic carbocycles. The van der Waals surface area contributed by atoms with Crippen LogP contribution in [0.4, 0.5) is 0 Å². The van der Waals surface area contributed by atoms with Gasteiger partial charge < -0.3 is 19.5 Å². The number of rotatable bonds is 9. The van der Waals surface area contributed by atoms with Gasteiger partial charge in [0.15, 0.2) is 11.5 Å². The first-order chi connectivity index (χ1) is 16.1. The average Bonchev–Trinajstić information content (AvgIpc) is 3.15. The lowest BCUT2D eigenvalue weighted by Crippen LogP contribution is -2.17. The summed E-state index contributed by atoms with van der Waals surface area (Å²) < 4.78 is 18.3. The first-order valence-electron chi connectivity index (χ1n) is 10.5. The Bertz CT molecular complexity index is 1180. The summed E-state index contributed by atoms with van der Waals surface area (Å²) in [5.74, 6) is 1.86. The van der Waals surface area contributed by atoms with E-state index in [1.54, 1.807) is 6.08 Å². The Hall–Kier alpha value is -3.29. The van der Waals surface area contributed by atoms with Gasteiger partial charge in [-0.15, -0.1) is 0 Å². The maximum Gasteiger partial charge on any atom is 0.263 e. The van der Waals surface area contributed by atoms with E-state index in [0.717, 1.165) is 16.7 Å². The van der Waals surface area contributed by atoms with E-state index < -0.39 is 0 Å². The molecule has 33 heavy (non-hydrogen) atoms. The molecule has 1 aliphatic rings. The fraction of sp³-hybridized carbons (Fsp3) is 0.154. The third-order valence-electron chi connectivity index (χ3n) is 4.79. The molecule has 1 N–H and O–H groups in total. The summed E-state index contributed by atoms with van der Waals surface area (Å²) >= 11 is 6.31. The van der Waals surface area contributed by atoms with Crippen LogP contribution in [0.25, 0.3) is 6.08 Å². The SMILES string of the molecule is CCOc1cc(COc2ccccc2C=C2SC(=S)NC2=O)ccc1OCc1ccccc1. The number of para-hydroxylation sites is 1. The second-order valence-corrected chi connectivity index (χ2v) is 8.89. The van der Waals surface area contributed by atoms with Crippen LogP contribution in [0.1, 0.15) is 23.6 Å². The summed E-state index contributed by atoms with van der Waals surface area (Å²) in [5.41, 5.74) is 2.85. The molecule has 4 rings (SSSR count). The third kappa shape index (κ3) is 6.15. The number of nitrogens with one attached hydrogen (secondary N) is 1. The first kappa shape index (κ1) is 22.9. The van der Waals surface area contributed by atoms with Crippen LogP contribution in [0, 0.1) is 0 Å². The zero-order valence-electron chi connectivity index (χ0n) is 18.1. The van der Waals surface area contributed by atoms with Gasteiger partial charge in [-0.25, -0.2) is 0 Å². The van der Waals surface area contributed by atoms with Gasteiger partial charge in [-0.3, -0.25) is 4.79 Å². The summed E-state index contributed by atoms with van der Waals surface area (Å²) in [5, 5.41) is 2.63. The lowest BCUT2D eigenvalue weighted by molar-refractivity contribution is -0.115. The van der Waals surface area contributed by atoms with Crippen LogP contribution in [0.3, 0.4) is 0 Å². The highest BCUT2D eigenvalue weighted by Crippen LogP contribution is 2.32. The Labute approximate surface area is 202 Å². The van der Waals surface area contributed by atoms with Crippen molar-refractivity contribution in [3.63, 3.8) is 0 Å². The Morgan fingerprint density at radius 2 is 1.58 bits per heavy atom. The summed E-state index contributed by atoms with van der Waals surface area (Å²) in [7, 11) is 0. The van der Waals surface area contributed by atoms with Crippen molar-refractivity contribution in [1.82, 2.24) is 5.32 Å². The topological polar surface area (TPSA) is 56.8 Å². The van der Waals surface area contributed by atoms with Crippen LogP contribution in [0.15, 0.2) is 77.7 Å². The number of ether oxygens (including phenoxy) is 3. The van der Waals surface area contributed by atoms with E-state index in [2.05, 4.69) is 5.32 Å². The summed E-state index contributed by atoms with van der Waals surface area (Å²) in [4.78, 5) is 12.6. The smallest absolute Gasteiger partial charge is 0.263 e. The van der Waals surface area contributed by atoms with Crippen molar-refractivity contribution in [3.8, 4) is 17.2 Å². The molecule has 3 aromatic rings. The van der Waals surface area contributed by atoms with E-state index in [9.17, 15) is 4.79 Å². The number of amides is 1. The van der Waals surface area contributed by atoms with Crippen molar-refractivity contribution in [1.29, 1.82) is 0 Å². The van der Waals surface area contributed by atoms with Crippen molar-refractivity contribution in [2.75, 3.05) is 6.61 Å². The van der Waals surface area contributed by atoms with Crippen LogP contribution in [0.5, 0.6) is 17.2 Å². The third-order valence-corrected chi connectivity index (χ3v) is 5.95. The van der Waals surface area contributed by atoms with E-state index in [1.807, 2.05) is 79.7 Å². The minimum atomic E-state index is -0.188. The normalized spacial score (nSPS) is 14.3. The molecule has 0 unspecified atom stereocenters. The largest absolute Gasteiger partial charge is 0.490 e. The van der Waals surface area contributed by atoms with Crippen LogP contribution in [-0.2, 0) is 18.0 Å². The van der Waals surface area contributed by atoms with Crippen LogP contribution in [-0.4, -0.2) is 16.8 Å². The number of thiocarbonyl (C=S) groups is 1. The van der Waals surface area contributed by atoms with Gasteiger partial charge >= 0.3 is 0 Å². The molecule has 1 amide bonds. The van der Waals surface area contributed by atoms with Gasteiger partial charge in [0.2, 0.25) is 0 Å². The first-order valence-corrected chi connectivity index (χ1v) is 11.7. The molecule has 0 bridgehead atoms. The van der Waals surface area contributed by atoms with E-state index in [4.69, 9.17) is 26.4 Å². The van der Waals surface area contributed by atoms with Gasteiger partial charge in [-0.2, -0.15) is 0 Å². The van der Waals surface area contributed by atoms with E-state index in [-0.39, 0.29) is 5.91 Å².